The number of benzene rings is 2. The van der Waals surface area contributed by atoms with Crippen molar-refractivity contribution in [3.63, 3.8) is 0 Å². The van der Waals surface area contributed by atoms with Gasteiger partial charge in [0.2, 0.25) is 10.0 Å². The van der Waals surface area contributed by atoms with E-state index in [4.69, 9.17) is 14.2 Å². The number of halogens is 1. The standard InChI is InChI=1S/C20H22FN3O7S/c1-29-17-12-15(32(27,28)24-7-9-31-10-8-24)11-16(18(17)30-2)20(26)23-22-19(25)13-3-5-14(21)6-4-13/h3-6,11-12H,7-10H2,1-2H3,(H,22,25)(H,23,26). The number of nitrogens with one attached hydrogen (secondary N) is 2. The molecule has 0 radical (unpaired) electrons. The lowest BCUT2D eigenvalue weighted by Gasteiger charge is -2.26. The number of rotatable bonds is 6. The van der Waals surface area contributed by atoms with E-state index in [1.54, 1.807) is 0 Å². The molecule has 0 atom stereocenters. The lowest BCUT2D eigenvalue weighted by Crippen LogP contribution is -2.42. The van der Waals surface area contributed by atoms with Crippen molar-refractivity contribution >= 4 is 21.8 Å². The summed E-state index contributed by atoms with van der Waals surface area (Å²) < 4.78 is 56.0. The van der Waals surface area contributed by atoms with Gasteiger partial charge in [0, 0.05) is 24.7 Å². The van der Waals surface area contributed by atoms with E-state index in [2.05, 4.69) is 10.9 Å². The van der Waals surface area contributed by atoms with Gasteiger partial charge in [-0.2, -0.15) is 4.31 Å². The molecule has 0 bridgehead atoms. The van der Waals surface area contributed by atoms with E-state index in [0.29, 0.717) is 0 Å². The fourth-order valence-electron chi connectivity index (χ4n) is 3.05. The van der Waals surface area contributed by atoms with E-state index < -0.39 is 27.7 Å². The van der Waals surface area contributed by atoms with Crippen molar-refractivity contribution < 1.29 is 36.6 Å². The van der Waals surface area contributed by atoms with Gasteiger partial charge in [-0.3, -0.25) is 20.4 Å². The number of carbonyl (C=O) groups excluding carboxylic acids is 2. The molecular formula is C20H22FN3O7S. The Morgan fingerprint density at radius 3 is 2.22 bits per heavy atom. The molecule has 1 aliphatic heterocycles. The van der Waals surface area contributed by atoms with E-state index >= 15 is 0 Å². The van der Waals surface area contributed by atoms with Crippen molar-refractivity contribution in [2.24, 2.45) is 0 Å². The van der Waals surface area contributed by atoms with Crippen LogP contribution in [0.15, 0.2) is 41.3 Å². The number of methoxy groups -OCH3 is 2. The predicted octanol–water partition coefficient (Wildman–Crippen LogP) is 0.939. The van der Waals surface area contributed by atoms with Gasteiger partial charge in [0.05, 0.1) is 37.9 Å². The zero-order chi connectivity index (χ0) is 23.3. The number of hydrogen-bond donors (Lipinski definition) is 2. The highest BCUT2D eigenvalue weighted by Gasteiger charge is 2.30. The van der Waals surface area contributed by atoms with Crippen molar-refractivity contribution in [3.8, 4) is 11.5 Å². The molecule has 12 heteroatoms. The van der Waals surface area contributed by atoms with E-state index in [-0.39, 0.29) is 53.8 Å². The molecule has 2 aromatic carbocycles. The maximum absolute atomic E-state index is 13.1. The van der Waals surface area contributed by atoms with Gasteiger partial charge in [-0.05, 0) is 30.3 Å². The molecule has 1 aliphatic rings. The highest BCUT2D eigenvalue weighted by atomic mass is 32.2. The summed E-state index contributed by atoms with van der Waals surface area (Å²) in [5.74, 6) is -2.03. The zero-order valence-electron chi connectivity index (χ0n) is 17.4. The Morgan fingerprint density at radius 2 is 1.62 bits per heavy atom. The Hall–Kier alpha value is -3.22. The maximum atomic E-state index is 13.1. The molecular weight excluding hydrogens is 445 g/mol. The third-order valence-electron chi connectivity index (χ3n) is 4.70. The second-order valence-electron chi connectivity index (χ2n) is 6.64. The highest BCUT2D eigenvalue weighted by molar-refractivity contribution is 7.89. The van der Waals surface area contributed by atoms with Crippen molar-refractivity contribution in [2.45, 2.75) is 4.90 Å². The van der Waals surface area contributed by atoms with Gasteiger partial charge in [-0.25, -0.2) is 12.8 Å². The first kappa shape index (κ1) is 23.4. The molecule has 172 valence electrons. The van der Waals surface area contributed by atoms with Crippen LogP contribution in [0.1, 0.15) is 20.7 Å². The molecule has 10 nitrogen and oxygen atoms in total. The topological polar surface area (TPSA) is 123 Å². The van der Waals surface area contributed by atoms with Crippen LogP contribution in [0.3, 0.4) is 0 Å². The van der Waals surface area contributed by atoms with Gasteiger partial charge in [0.15, 0.2) is 11.5 Å². The largest absolute Gasteiger partial charge is 0.493 e. The third-order valence-corrected chi connectivity index (χ3v) is 6.58. The monoisotopic (exact) mass is 467 g/mol. The number of hydrazine groups is 1. The number of sulfonamides is 1. The second-order valence-corrected chi connectivity index (χ2v) is 8.58. The van der Waals surface area contributed by atoms with Crippen LogP contribution in [0.4, 0.5) is 4.39 Å². The van der Waals surface area contributed by atoms with Crippen LogP contribution in [0.25, 0.3) is 0 Å². The number of nitrogens with zero attached hydrogens (tertiary/aromatic N) is 1. The predicted molar refractivity (Wildman–Crippen MR) is 110 cm³/mol. The lowest BCUT2D eigenvalue weighted by molar-refractivity contribution is 0.0730. The number of amides is 2. The first-order valence-electron chi connectivity index (χ1n) is 9.48. The average Bonchev–Trinajstić information content (AvgIpc) is 2.82. The summed E-state index contributed by atoms with van der Waals surface area (Å²) in [7, 11) is -1.34. The normalized spacial score (nSPS) is 14.5. The molecule has 2 amide bonds. The Balaban J connectivity index is 1.88. The van der Waals surface area contributed by atoms with Gasteiger partial charge >= 0.3 is 0 Å². The molecule has 1 heterocycles. The Morgan fingerprint density at radius 1 is 1.00 bits per heavy atom. The number of carbonyl (C=O) groups is 2. The molecule has 1 saturated heterocycles. The van der Waals surface area contributed by atoms with E-state index in [1.165, 1.54) is 36.7 Å². The molecule has 1 fully saturated rings. The van der Waals surface area contributed by atoms with Gasteiger partial charge in [-0.15, -0.1) is 0 Å². The minimum Gasteiger partial charge on any atom is -0.493 e. The molecule has 0 saturated carbocycles. The molecule has 0 spiro atoms. The van der Waals surface area contributed by atoms with Crippen molar-refractivity contribution in [1.29, 1.82) is 0 Å². The number of hydrogen-bond acceptors (Lipinski definition) is 7. The molecule has 0 aromatic heterocycles. The second kappa shape index (κ2) is 9.94. The van der Waals surface area contributed by atoms with Crippen LogP contribution in [0.5, 0.6) is 11.5 Å². The SMILES string of the molecule is COc1cc(S(=O)(=O)N2CCOCC2)cc(C(=O)NNC(=O)c2ccc(F)cc2)c1OC. The van der Waals surface area contributed by atoms with Crippen molar-refractivity contribution in [3.05, 3.63) is 53.3 Å². The number of morpholine rings is 1. The number of ether oxygens (including phenoxy) is 3. The van der Waals surface area contributed by atoms with Gasteiger partial charge in [0.25, 0.3) is 11.8 Å². The van der Waals surface area contributed by atoms with Crippen LogP contribution in [-0.4, -0.2) is 65.1 Å². The highest BCUT2D eigenvalue weighted by Crippen LogP contribution is 2.35. The van der Waals surface area contributed by atoms with Crippen LogP contribution in [0, 0.1) is 5.82 Å². The zero-order valence-corrected chi connectivity index (χ0v) is 18.2. The summed E-state index contributed by atoms with van der Waals surface area (Å²) in [4.78, 5) is 24.8. The lowest BCUT2D eigenvalue weighted by atomic mass is 10.1. The summed E-state index contributed by atoms with van der Waals surface area (Å²) >= 11 is 0. The van der Waals surface area contributed by atoms with Gasteiger partial charge in [0.1, 0.15) is 5.82 Å². The fourth-order valence-corrected chi connectivity index (χ4v) is 4.50. The van der Waals surface area contributed by atoms with Crippen molar-refractivity contribution in [2.75, 3.05) is 40.5 Å². The van der Waals surface area contributed by atoms with Crippen molar-refractivity contribution in [1.82, 2.24) is 15.2 Å². The first-order valence-corrected chi connectivity index (χ1v) is 10.9. The Bertz CT molecular complexity index is 1100. The maximum Gasteiger partial charge on any atom is 0.273 e. The summed E-state index contributed by atoms with van der Waals surface area (Å²) in [5.41, 5.74) is 4.34. The van der Waals surface area contributed by atoms with Crippen LogP contribution >= 0.6 is 0 Å². The van der Waals surface area contributed by atoms with Gasteiger partial charge < -0.3 is 14.2 Å². The molecule has 0 unspecified atom stereocenters. The summed E-state index contributed by atoms with van der Waals surface area (Å²) in [6, 6.07) is 7.10. The summed E-state index contributed by atoms with van der Waals surface area (Å²) in [5, 5.41) is 0. The van der Waals surface area contributed by atoms with E-state index in [9.17, 15) is 22.4 Å². The van der Waals surface area contributed by atoms with Crippen LogP contribution < -0.4 is 20.3 Å². The van der Waals surface area contributed by atoms with Crippen LogP contribution in [-0.2, 0) is 14.8 Å². The average molecular weight is 467 g/mol. The summed E-state index contributed by atoms with van der Waals surface area (Å²) in [6.45, 7) is 0.864. The Kier molecular flexibility index (Phi) is 7.28. The minimum absolute atomic E-state index is 0.0121. The molecule has 2 N–H and O–H groups in total. The third kappa shape index (κ3) is 4.98. The smallest absolute Gasteiger partial charge is 0.273 e. The molecule has 3 rings (SSSR count). The quantitative estimate of drug-likeness (QED) is 0.606. The molecule has 32 heavy (non-hydrogen) atoms. The molecule has 2 aromatic rings. The van der Waals surface area contributed by atoms with Gasteiger partial charge in [-0.1, -0.05) is 0 Å². The molecule has 0 aliphatic carbocycles. The first-order chi connectivity index (χ1) is 15.3. The minimum atomic E-state index is -3.94. The van der Waals surface area contributed by atoms with E-state index in [1.807, 2.05) is 0 Å². The fraction of sp³-hybridized carbons (Fsp3) is 0.300. The summed E-state index contributed by atoms with van der Waals surface area (Å²) in [6.07, 6.45) is 0. The van der Waals surface area contributed by atoms with E-state index in [0.717, 1.165) is 18.2 Å². The van der Waals surface area contributed by atoms with Crippen LogP contribution in [0.2, 0.25) is 0 Å². The Labute approximate surface area is 184 Å².